The van der Waals surface area contributed by atoms with Crippen LogP contribution < -0.4 is 0 Å². The Morgan fingerprint density at radius 1 is 0.659 bits per heavy atom. The molecule has 2 aliphatic heterocycles. The van der Waals surface area contributed by atoms with E-state index in [-0.39, 0.29) is 77.3 Å². The molecule has 0 saturated carbocycles. The van der Waals surface area contributed by atoms with Crippen LogP contribution in [-0.2, 0) is 57.4 Å². The van der Waals surface area contributed by atoms with Crippen LogP contribution in [0.2, 0.25) is 0 Å². The zero-order valence-electron chi connectivity index (χ0n) is 24.0. The van der Waals surface area contributed by atoms with E-state index in [0.717, 1.165) is 5.06 Å². The molecule has 0 aromatic carbocycles. The maximum atomic E-state index is 12.4. The Kier molecular flexibility index (Phi) is 12.0. The number of imide groups is 1. The number of allylic oxidation sites excluding steroid dienone is 1. The van der Waals surface area contributed by atoms with Crippen LogP contribution in [0.3, 0.4) is 0 Å². The van der Waals surface area contributed by atoms with Crippen LogP contribution in [-0.4, -0.2) is 78.2 Å². The van der Waals surface area contributed by atoms with E-state index in [1.807, 2.05) is 0 Å². The average molecular weight is 583 g/mol. The molecule has 0 spiro atoms. The molecule has 0 radical (unpaired) electrons. The monoisotopic (exact) mass is 582 g/mol. The Hall–Kier alpha value is -3.81. The maximum Gasteiger partial charge on any atom is 0.338 e. The van der Waals surface area contributed by atoms with Crippen LogP contribution in [0.5, 0.6) is 0 Å². The largest absolute Gasteiger partial charge is 0.463 e. The minimum absolute atomic E-state index is 0.0130. The van der Waals surface area contributed by atoms with E-state index in [1.54, 1.807) is 13.8 Å². The summed E-state index contributed by atoms with van der Waals surface area (Å²) in [7, 11) is 0. The summed E-state index contributed by atoms with van der Waals surface area (Å²) in [6, 6.07) is 0. The van der Waals surface area contributed by atoms with Crippen molar-refractivity contribution in [2.24, 2.45) is 10.8 Å². The number of hydrogen-bond donors (Lipinski definition) is 0. The lowest BCUT2D eigenvalue weighted by molar-refractivity contribution is -0.204. The van der Waals surface area contributed by atoms with Gasteiger partial charge in [-0.15, -0.1) is 10.1 Å². The van der Waals surface area contributed by atoms with Crippen molar-refractivity contribution in [2.45, 2.75) is 79.1 Å². The second-order valence-corrected chi connectivity index (χ2v) is 10.9. The van der Waals surface area contributed by atoms with Crippen LogP contribution in [0.25, 0.3) is 0 Å². The quantitative estimate of drug-likeness (QED) is 0.147. The fourth-order valence-electron chi connectivity index (χ4n) is 3.53. The van der Waals surface area contributed by atoms with Gasteiger partial charge in [0.2, 0.25) is 0 Å². The number of hydrogen-bond acceptors (Lipinski definition) is 12. The van der Waals surface area contributed by atoms with Crippen LogP contribution in [0.1, 0.15) is 79.1 Å². The van der Waals surface area contributed by atoms with E-state index in [9.17, 15) is 33.6 Å². The third-order valence-corrected chi connectivity index (χ3v) is 6.49. The summed E-state index contributed by atoms with van der Waals surface area (Å²) in [5.74, 6) is -4.08. The highest BCUT2D eigenvalue weighted by molar-refractivity contribution is 6.01. The minimum Gasteiger partial charge on any atom is -0.463 e. The Balaban J connectivity index is 1.54. The number of ether oxygens (including phenoxy) is 3. The zero-order valence-corrected chi connectivity index (χ0v) is 24.0. The lowest BCUT2D eigenvalue weighted by Crippen LogP contribution is -2.38. The van der Waals surface area contributed by atoms with Crippen molar-refractivity contribution in [3.8, 4) is 0 Å². The molecule has 0 aromatic rings. The lowest BCUT2D eigenvalue weighted by atomic mass is 9.88. The number of amides is 3. The lowest BCUT2D eigenvalue weighted by Gasteiger charge is -2.25. The smallest absolute Gasteiger partial charge is 0.338 e. The van der Waals surface area contributed by atoms with E-state index < -0.39 is 46.5 Å². The Bertz CT molecular complexity index is 951. The van der Waals surface area contributed by atoms with E-state index in [2.05, 4.69) is 6.58 Å². The third kappa shape index (κ3) is 10.3. The van der Waals surface area contributed by atoms with Gasteiger partial charge in [-0.1, -0.05) is 6.58 Å². The molecule has 0 aliphatic carbocycles. The number of nitrogens with zero attached hydrogens (tertiary/aromatic N) is 2. The Morgan fingerprint density at radius 2 is 1.05 bits per heavy atom. The van der Waals surface area contributed by atoms with Crippen molar-refractivity contribution in [3.05, 3.63) is 12.3 Å². The highest BCUT2D eigenvalue weighted by atomic mass is 16.7. The molecule has 3 amide bonds. The summed E-state index contributed by atoms with van der Waals surface area (Å²) >= 11 is 0. The summed E-state index contributed by atoms with van der Waals surface area (Å²) in [6.07, 6.45) is 0.680. The van der Waals surface area contributed by atoms with E-state index in [4.69, 9.17) is 23.9 Å². The molecule has 0 aromatic heterocycles. The number of carbonyl (C=O) groups is 7. The number of carbonyl (C=O) groups excluding carboxylic acids is 7. The highest BCUT2D eigenvalue weighted by Crippen LogP contribution is 2.29. The summed E-state index contributed by atoms with van der Waals surface area (Å²) in [5, 5.41) is 1.37. The molecular formula is C27H38N2O12. The molecule has 2 rings (SSSR count). The minimum atomic E-state index is -1.14. The first-order chi connectivity index (χ1) is 19.1. The summed E-state index contributed by atoms with van der Waals surface area (Å²) < 4.78 is 15.4. The highest BCUT2D eigenvalue weighted by Gasteiger charge is 2.38. The molecule has 2 fully saturated rings. The third-order valence-electron chi connectivity index (χ3n) is 6.49. The van der Waals surface area contributed by atoms with Gasteiger partial charge in [0.1, 0.15) is 13.2 Å². The van der Waals surface area contributed by atoms with Crippen molar-refractivity contribution in [1.29, 1.82) is 0 Å². The van der Waals surface area contributed by atoms with Crippen molar-refractivity contribution in [1.82, 2.24) is 10.1 Å². The van der Waals surface area contributed by atoms with Gasteiger partial charge in [-0.25, -0.2) is 9.59 Å². The van der Waals surface area contributed by atoms with Gasteiger partial charge in [-0.3, -0.25) is 24.0 Å². The first-order valence-electron chi connectivity index (χ1n) is 13.3. The van der Waals surface area contributed by atoms with Crippen molar-refractivity contribution >= 4 is 41.6 Å². The van der Waals surface area contributed by atoms with Gasteiger partial charge in [-0.05, 0) is 47.0 Å². The first-order valence-corrected chi connectivity index (χ1v) is 13.3. The second-order valence-electron chi connectivity index (χ2n) is 10.9. The molecule has 0 unspecified atom stereocenters. The van der Waals surface area contributed by atoms with E-state index >= 15 is 0 Å². The molecule has 2 aliphatic rings. The molecule has 2 saturated heterocycles. The fourth-order valence-corrected chi connectivity index (χ4v) is 3.53. The van der Waals surface area contributed by atoms with Gasteiger partial charge < -0.3 is 23.9 Å². The van der Waals surface area contributed by atoms with E-state index in [1.165, 1.54) is 13.8 Å². The van der Waals surface area contributed by atoms with Crippen molar-refractivity contribution < 1.29 is 57.4 Å². The molecule has 0 atom stereocenters. The summed E-state index contributed by atoms with van der Waals surface area (Å²) in [4.78, 5) is 93.8. The summed E-state index contributed by atoms with van der Waals surface area (Å²) in [6.45, 7) is 9.94. The Labute approximate surface area is 238 Å². The zero-order chi connectivity index (χ0) is 30.8. The molecule has 14 nitrogen and oxygen atoms in total. The van der Waals surface area contributed by atoms with Gasteiger partial charge >= 0.3 is 23.9 Å². The predicted molar refractivity (Wildman–Crippen MR) is 137 cm³/mol. The van der Waals surface area contributed by atoms with Gasteiger partial charge in [0, 0.05) is 32.1 Å². The average Bonchev–Trinajstić information content (AvgIpc) is 3.40. The van der Waals surface area contributed by atoms with Crippen molar-refractivity contribution in [2.75, 3.05) is 26.4 Å². The fraction of sp³-hybridized carbons (Fsp3) is 0.667. The van der Waals surface area contributed by atoms with E-state index in [0.29, 0.717) is 17.2 Å². The molecule has 0 bridgehead atoms. The van der Waals surface area contributed by atoms with Gasteiger partial charge in [0.25, 0.3) is 17.7 Å². The van der Waals surface area contributed by atoms with Crippen LogP contribution >= 0.6 is 0 Å². The van der Waals surface area contributed by atoms with Gasteiger partial charge in [0.05, 0.1) is 29.7 Å². The standard InChI is InChI=1S/C27H38N2O12/c1-18-6-7-19(30)28(18)40-24(35)26(2,3)12-10-22(33)38-16-14-37-15-17-39-23(34)11-13-27(4,5)25(36)41-29-20(31)8-9-21(29)32/h1,6-17H2,2-5H3. The first kappa shape index (κ1) is 33.4. The molecule has 14 heteroatoms. The molecule has 41 heavy (non-hydrogen) atoms. The van der Waals surface area contributed by atoms with Gasteiger partial charge in [-0.2, -0.15) is 0 Å². The number of rotatable bonds is 16. The topological polar surface area (TPSA) is 172 Å². The normalized spacial score (nSPS) is 15.8. The van der Waals surface area contributed by atoms with Crippen LogP contribution in [0.4, 0.5) is 0 Å². The molecule has 2 heterocycles. The number of esters is 2. The number of hydroxylamine groups is 4. The maximum absolute atomic E-state index is 12.4. The van der Waals surface area contributed by atoms with Crippen LogP contribution in [0, 0.1) is 10.8 Å². The van der Waals surface area contributed by atoms with Crippen LogP contribution in [0.15, 0.2) is 12.3 Å². The van der Waals surface area contributed by atoms with Gasteiger partial charge in [0.15, 0.2) is 0 Å². The predicted octanol–water partition coefficient (Wildman–Crippen LogP) is 1.90. The summed E-state index contributed by atoms with van der Waals surface area (Å²) in [5.41, 5.74) is -1.77. The molecule has 0 N–H and O–H groups in total. The SMILES string of the molecule is C=C1CCC(=O)N1OC(=O)C(C)(C)CCC(=O)OCCOCCOC(=O)CCC(C)(C)C(=O)ON1C(=O)CCC1=O. The Morgan fingerprint density at radius 3 is 1.46 bits per heavy atom. The van der Waals surface area contributed by atoms with Crippen molar-refractivity contribution in [3.63, 3.8) is 0 Å². The second kappa shape index (κ2) is 14.7. The molecular weight excluding hydrogens is 544 g/mol. The molecule has 228 valence electrons.